The third kappa shape index (κ3) is 3.27. The van der Waals surface area contributed by atoms with E-state index in [4.69, 9.17) is 5.41 Å². The summed E-state index contributed by atoms with van der Waals surface area (Å²) in [4.78, 5) is 0. The topological polar surface area (TPSA) is 23.9 Å². The first-order valence-electron chi connectivity index (χ1n) is 5.62. The fraction of sp³-hybridized carbons (Fsp3) is 0.133. The van der Waals surface area contributed by atoms with Gasteiger partial charge in [0, 0.05) is 10.7 Å². The van der Waals surface area contributed by atoms with Gasteiger partial charge in [-0.3, -0.25) is 0 Å². The lowest BCUT2D eigenvalue weighted by Gasteiger charge is -2.06. The smallest absolute Gasteiger partial charge is 0.0253 e. The zero-order valence-electron chi connectivity index (χ0n) is 9.49. The van der Waals surface area contributed by atoms with E-state index in [1.54, 1.807) is 0 Å². The van der Waals surface area contributed by atoms with Crippen LogP contribution in [-0.2, 0) is 12.8 Å². The van der Waals surface area contributed by atoms with Crippen LogP contribution in [0.3, 0.4) is 0 Å². The van der Waals surface area contributed by atoms with Gasteiger partial charge in [0.05, 0.1) is 0 Å². The van der Waals surface area contributed by atoms with E-state index in [9.17, 15) is 0 Å². The molecular weight excluding hydrogens is 274 g/mol. The van der Waals surface area contributed by atoms with Crippen molar-refractivity contribution < 1.29 is 0 Å². The van der Waals surface area contributed by atoms with Gasteiger partial charge in [0.25, 0.3) is 0 Å². The second-order valence-electron chi connectivity index (χ2n) is 3.97. The summed E-state index contributed by atoms with van der Waals surface area (Å²) in [5.41, 5.74) is 3.56. The van der Waals surface area contributed by atoms with Gasteiger partial charge in [0.2, 0.25) is 0 Å². The van der Waals surface area contributed by atoms with E-state index in [1.807, 2.05) is 18.2 Å². The molecular formula is C15H14BrN. The molecule has 0 heterocycles. The van der Waals surface area contributed by atoms with Crippen LogP contribution in [0.25, 0.3) is 0 Å². The zero-order chi connectivity index (χ0) is 12.1. The monoisotopic (exact) mass is 287 g/mol. The number of hydrogen-bond acceptors (Lipinski definition) is 1. The Morgan fingerprint density at radius 3 is 2.47 bits per heavy atom. The van der Waals surface area contributed by atoms with Crippen molar-refractivity contribution in [3.05, 3.63) is 69.7 Å². The predicted molar refractivity (Wildman–Crippen MR) is 75.9 cm³/mol. The normalized spacial score (nSPS) is 10.2. The Labute approximate surface area is 110 Å². The fourth-order valence-electron chi connectivity index (χ4n) is 1.85. The molecule has 0 bridgehead atoms. The Kier molecular flexibility index (Phi) is 4.10. The first-order chi connectivity index (χ1) is 8.29. The van der Waals surface area contributed by atoms with Crippen molar-refractivity contribution in [3.63, 3.8) is 0 Å². The molecule has 17 heavy (non-hydrogen) atoms. The molecule has 0 saturated carbocycles. The van der Waals surface area contributed by atoms with E-state index < -0.39 is 0 Å². The maximum absolute atomic E-state index is 7.42. The summed E-state index contributed by atoms with van der Waals surface area (Å²) in [6.45, 7) is 0. The van der Waals surface area contributed by atoms with Crippen molar-refractivity contribution in [1.82, 2.24) is 0 Å². The number of benzene rings is 2. The first-order valence-corrected chi connectivity index (χ1v) is 6.42. The predicted octanol–water partition coefficient (Wildman–Crippen LogP) is 4.23. The molecule has 0 radical (unpaired) electrons. The molecule has 0 spiro atoms. The van der Waals surface area contributed by atoms with Crippen molar-refractivity contribution in [2.45, 2.75) is 12.8 Å². The van der Waals surface area contributed by atoms with Gasteiger partial charge in [-0.15, -0.1) is 0 Å². The van der Waals surface area contributed by atoms with Crippen LogP contribution in [0.4, 0.5) is 0 Å². The van der Waals surface area contributed by atoms with Gasteiger partial charge in [-0.05, 0) is 41.7 Å². The molecule has 2 aromatic rings. The maximum atomic E-state index is 7.42. The minimum absolute atomic E-state index is 0.974. The summed E-state index contributed by atoms with van der Waals surface area (Å²) in [6, 6.07) is 16.6. The second kappa shape index (κ2) is 5.78. The molecule has 0 aliphatic rings. The van der Waals surface area contributed by atoms with Crippen LogP contribution in [0.1, 0.15) is 16.7 Å². The molecule has 1 nitrogen and oxygen atoms in total. The van der Waals surface area contributed by atoms with Crippen molar-refractivity contribution >= 4 is 22.1 Å². The molecule has 1 N–H and O–H groups in total. The van der Waals surface area contributed by atoms with Crippen molar-refractivity contribution in [2.75, 3.05) is 0 Å². The SMILES string of the molecule is N=Cc1cc(Br)ccc1CCc1ccccc1. The summed E-state index contributed by atoms with van der Waals surface area (Å²) in [6.07, 6.45) is 3.41. The molecule has 2 heteroatoms. The summed E-state index contributed by atoms with van der Waals surface area (Å²) in [5, 5.41) is 7.42. The highest BCUT2D eigenvalue weighted by Crippen LogP contribution is 2.17. The van der Waals surface area contributed by atoms with E-state index >= 15 is 0 Å². The largest absolute Gasteiger partial charge is 0.308 e. The highest BCUT2D eigenvalue weighted by atomic mass is 79.9. The quantitative estimate of drug-likeness (QED) is 0.814. The van der Waals surface area contributed by atoms with Crippen LogP contribution >= 0.6 is 15.9 Å². The number of aryl methyl sites for hydroxylation is 2. The fourth-order valence-corrected chi connectivity index (χ4v) is 2.23. The Balaban J connectivity index is 2.11. The molecule has 0 aliphatic heterocycles. The minimum Gasteiger partial charge on any atom is -0.308 e. The van der Waals surface area contributed by atoms with Gasteiger partial charge in [-0.2, -0.15) is 0 Å². The Hall–Kier alpha value is -1.41. The van der Waals surface area contributed by atoms with Crippen LogP contribution < -0.4 is 0 Å². The lowest BCUT2D eigenvalue weighted by Crippen LogP contribution is -1.96. The number of hydrogen-bond donors (Lipinski definition) is 1. The lowest BCUT2D eigenvalue weighted by atomic mass is 10.0. The van der Waals surface area contributed by atoms with E-state index in [2.05, 4.69) is 46.3 Å². The Morgan fingerprint density at radius 2 is 1.76 bits per heavy atom. The molecule has 0 fully saturated rings. The standard InChI is InChI=1S/C15H14BrN/c16-15-9-8-13(14(10-15)11-17)7-6-12-4-2-1-3-5-12/h1-5,8-11,17H,6-7H2. The van der Waals surface area contributed by atoms with Crippen molar-refractivity contribution in [1.29, 1.82) is 5.41 Å². The molecule has 2 rings (SSSR count). The maximum Gasteiger partial charge on any atom is 0.0253 e. The molecule has 0 aromatic heterocycles. The highest BCUT2D eigenvalue weighted by Gasteiger charge is 2.01. The molecule has 86 valence electrons. The van der Waals surface area contributed by atoms with E-state index in [0.29, 0.717) is 0 Å². The summed E-state index contributed by atoms with van der Waals surface area (Å²) >= 11 is 3.43. The van der Waals surface area contributed by atoms with E-state index in [-0.39, 0.29) is 0 Å². The van der Waals surface area contributed by atoms with Gasteiger partial charge in [0.15, 0.2) is 0 Å². The number of rotatable bonds is 4. The first kappa shape index (κ1) is 12.1. The summed E-state index contributed by atoms with van der Waals surface area (Å²) in [7, 11) is 0. The molecule has 2 aromatic carbocycles. The minimum atomic E-state index is 0.974. The van der Waals surface area contributed by atoms with Gasteiger partial charge >= 0.3 is 0 Å². The molecule has 0 atom stereocenters. The van der Waals surface area contributed by atoms with Crippen LogP contribution in [-0.4, -0.2) is 6.21 Å². The van der Waals surface area contributed by atoms with Gasteiger partial charge < -0.3 is 5.41 Å². The third-order valence-electron chi connectivity index (χ3n) is 2.79. The molecule has 0 aliphatic carbocycles. The van der Waals surface area contributed by atoms with Crippen molar-refractivity contribution in [3.8, 4) is 0 Å². The average Bonchev–Trinajstić information content (AvgIpc) is 2.38. The number of nitrogens with one attached hydrogen (secondary N) is 1. The zero-order valence-corrected chi connectivity index (χ0v) is 11.1. The summed E-state index contributed by atoms with van der Waals surface area (Å²) < 4.78 is 1.03. The van der Waals surface area contributed by atoms with Gasteiger partial charge in [-0.25, -0.2) is 0 Å². The van der Waals surface area contributed by atoms with Crippen LogP contribution in [0.5, 0.6) is 0 Å². The van der Waals surface area contributed by atoms with Crippen LogP contribution in [0.2, 0.25) is 0 Å². The summed E-state index contributed by atoms with van der Waals surface area (Å²) in [5.74, 6) is 0. The highest BCUT2D eigenvalue weighted by molar-refractivity contribution is 9.10. The van der Waals surface area contributed by atoms with E-state index in [1.165, 1.54) is 17.3 Å². The molecule has 0 saturated heterocycles. The van der Waals surface area contributed by atoms with Crippen molar-refractivity contribution in [2.24, 2.45) is 0 Å². The number of halogens is 1. The molecule has 0 unspecified atom stereocenters. The second-order valence-corrected chi connectivity index (χ2v) is 4.89. The van der Waals surface area contributed by atoms with E-state index in [0.717, 1.165) is 22.9 Å². The van der Waals surface area contributed by atoms with Gasteiger partial charge in [0.1, 0.15) is 0 Å². The molecule has 0 amide bonds. The third-order valence-corrected chi connectivity index (χ3v) is 3.28. The lowest BCUT2D eigenvalue weighted by molar-refractivity contribution is 0.957. The Morgan fingerprint density at radius 1 is 1.00 bits per heavy atom. The van der Waals surface area contributed by atoms with Crippen LogP contribution in [0, 0.1) is 5.41 Å². The average molecular weight is 288 g/mol. The van der Waals surface area contributed by atoms with Crippen LogP contribution in [0.15, 0.2) is 53.0 Å². The Bertz CT molecular complexity index is 506. The van der Waals surface area contributed by atoms with Gasteiger partial charge in [-0.1, -0.05) is 52.3 Å².